The summed E-state index contributed by atoms with van der Waals surface area (Å²) in [5, 5.41) is 11.2. The number of halogens is 2. The number of aryl methyl sites for hydroxylation is 2. The maximum Gasteiger partial charge on any atom is 0.162 e. The molecule has 0 bridgehead atoms. The van der Waals surface area contributed by atoms with Crippen LogP contribution in [0.5, 0.6) is 5.75 Å². The Morgan fingerprint density at radius 2 is 1.76 bits per heavy atom. The second kappa shape index (κ2) is 10.9. The lowest BCUT2D eigenvalue weighted by molar-refractivity contribution is -0.118. The molecule has 0 amide bonds. The van der Waals surface area contributed by atoms with Crippen LogP contribution in [0.1, 0.15) is 60.4 Å². The first-order valence-electron chi connectivity index (χ1n) is 13.6. The summed E-state index contributed by atoms with van der Waals surface area (Å²) in [5.41, 5.74) is 13.7. The highest BCUT2D eigenvalue weighted by molar-refractivity contribution is 6.43. The maximum absolute atomic E-state index is 14.0. The van der Waals surface area contributed by atoms with E-state index in [9.17, 15) is 10.1 Å². The van der Waals surface area contributed by atoms with E-state index in [1.165, 1.54) is 0 Å². The first-order chi connectivity index (χ1) is 19.4. The molecule has 3 aromatic carbocycles. The van der Waals surface area contributed by atoms with Crippen molar-refractivity contribution < 1.29 is 9.53 Å². The van der Waals surface area contributed by atoms with E-state index in [2.05, 4.69) is 32.0 Å². The molecule has 210 valence electrons. The topological polar surface area (TPSA) is 79.3 Å². The van der Waals surface area contributed by atoms with Crippen molar-refractivity contribution in [2.45, 2.75) is 60.0 Å². The van der Waals surface area contributed by atoms with Crippen LogP contribution in [0.2, 0.25) is 10.0 Å². The first kappa shape index (κ1) is 28.8. The SMILES string of the molecule is Cc1ccc(OCc2cc(C)cc(C3C(C#N)=C(N)N(c4cccc(Cl)c4Cl)C4=C3C(=O)CC(C)(C)C4)c2C)cc1. The minimum atomic E-state index is -0.606. The van der Waals surface area contributed by atoms with Gasteiger partial charge in [-0.1, -0.05) is 78.5 Å². The molecule has 3 aromatic rings. The number of nitrogens with zero attached hydrogens (tertiary/aromatic N) is 2. The summed E-state index contributed by atoms with van der Waals surface area (Å²) in [6.07, 6.45) is 0.952. The monoisotopic (exact) mass is 585 g/mol. The normalized spacial score (nSPS) is 18.3. The molecule has 1 aliphatic heterocycles. The van der Waals surface area contributed by atoms with E-state index in [4.69, 9.17) is 33.7 Å². The lowest BCUT2D eigenvalue weighted by Gasteiger charge is -2.44. The third kappa shape index (κ3) is 5.35. The number of anilines is 1. The molecule has 0 saturated carbocycles. The molecule has 7 heteroatoms. The van der Waals surface area contributed by atoms with Crippen LogP contribution in [-0.4, -0.2) is 5.78 Å². The van der Waals surface area contributed by atoms with Crippen molar-refractivity contribution in [1.82, 2.24) is 0 Å². The average Bonchev–Trinajstić information content (AvgIpc) is 2.90. The molecule has 0 radical (unpaired) electrons. The molecule has 0 saturated heterocycles. The smallest absolute Gasteiger partial charge is 0.162 e. The van der Waals surface area contributed by atoms with Gasteiger partial charge in [-0.05, 0) is 73.6 Å². The van der Waals surface area contributed by atoms with Crippen LogP contribution in [0.3, 0.4) is 0 Å². The van der Waals surface area contributed by atoms with Crippen LogP contribution >= 0.6 is 23.2 Å². The van der Waals surface area contributed by atoms with Gasteiger partial charge in [0, 0.05) is 17.7 Å². The van der Waals surface area contributed by atoms with Crippen LogP contribution in [0.25, 0.3) is 0 Å². The Hall–Kier alpha value is -3.72. The number of benzene rings is 3. The standard InChI is InChI=1S/C34H33Cl2N3O2/c1-19-9-11-23(12-10-19)41-18-22-13-20(2)14-24(21(22)3)30-25(17-37)33(38)39(27-8-6-7-26(35)32(27)36)28-15-34(4,5)16-29(40)31(28)30/h6-14,30H,15-16,18,38H2,1-5H3. The molecule has 1 unspecified atom stereocenters. The number of nitrogens with two attached hydrogens (primary N) is 1. The molecule has 1 atom stereocenters. The number of ether oxygens (including phenoxy) is 1. The highest BCUT2D eigenvalue weighted by Gasteiger charge is 2.45. The predicted octanol–water partition coefficient (Wildman–Crippen LogP) is 8.44. The fraction of sp³-hybridized carbons (Fsp3) is 0.294. The molecule has 5 rings (SSSR count). The third-order valence-electron chi connectivity index (χ3n) is 7.98. The predicted molar refractivity (Wildman–Crippen MR) is 165 cm³/mol. The van der Waals surface area contributed by atoms with Gasteiger partial charge in [-0.2, -0.15) is 5.26 Å². The van der Waals surface area contributed by atoms with E-state index in [0.717, 1.165) is 39.3 Å². The Labute approximate surface area is 251 Å². The zero-order chi connectivity index (χ0) is 29.6. The summed E-state index contributed by atoms with van der Waals surface area (Å²) in [4.78, 5) is 15.8. The number of hydrogen-bond acceptors (Lipinski definition) is 5. The number of ketones is 1. The fourth-order valence-corrected chi connectivity index (χ4v) is 6.35. The molecule has 0 fully saturated rings. The van der Waals surface area contributed by atoms with Gasteiger partial charge in [0.2, 0.25) is 0 Å². The molecule has 41 heavy (non-hydrogen) atoms. The van der Waals surface area contributed by atoms with Crippen LogP contribution < -0.4 is 15.4 Å². The highest BCUT2D eigenvalue weighted by atomic mass is 35.5. The third-order valence-corrected chi connectivity index (χ3v) is 8.79. The summed E-state index contributed by atoms with van der Waals surface area (Å²) < 4.78 is 6.14. The van der Waals surface area contributed by atoms with Gasteiger partial charge < -0.3 is 10.5 Å². The summed E-state index contributed by atoms with van der Waals surface area (Å²) in [6, 6.07) is 19.7. The number of carbonyl (C=O) groups excluding carboxylic acids is 1. The molecule has 2 aliphatic rings. The Morgan fingerprint density at radius 1 is 1.05 bits per heavy atom. The van der Waals surface area contributed by atoms with E-state index in [1.54, 1.807) is 17.0 Å². The van der Waals surface area contributed by atoms with E-state index < -0.39 is 5.92 Å². The molecular formula is C34H33Cl2N3O2. The second-order valence-corrected chi connectivity index (χ2v) is 12.6. The summed E-state index contributed by atoms with van der Waals surface area (Å²) in [7, 11) is 0. The number of carbonyl (C=O) groups is 1. The first-order valence-corrected chi connectivity index (χ1v) is 14.4. The Bertz CT molecular complexity index is 1660. The van der Waals surface area contributed by atoms with Gasteiger partial charge in [-0.3, -0.25) is 9.69 Å². The van der Waals surface area contributed by atoms with Gasteiger partial charge in [-0.15, -0.1) is 0 Å². The number of rotatable bonds is 5. The van der Waals surface area contributed by atoms with Crippen molar-refractivity contribution >= 4 is 34.7 Å². The quantitative estimate of drug-likeness (QED) is 0.325. The van der Waals surface area contributed by atoms with Crippen LogP contribution in [0.15, 0.2) is 77.3 Å². The fourth-order valence-electron chi connectivity index (χ4n) is 5.97. The maximum atomic E-state index is 14.0. The lowest BCUT2D eigenvalue weighted by atomic mass is 9.68. The molecule has 5 nitrogen and oxygen atoms in total. The zero-order valence-corrected chi connectivity index (χ0v) is 25.5. The zero-order valence-electron chi connectivity index (χ0n) is 23.9. The van der Waals surface area contributed by atoms with Gasteiger partial charge in [0.15, 0.2) is 5.78 Å². The Morgan fingerprint density at radius 3 is 2.44 bits per heavy atom. The van der Waals surface area contributed by atoms with Gasteiger partial charge in [0.1, 0.15) is 18.2 Å². The lowest BCUT2D eigenvalue weighted by Crippen LogP contribution is -2.42. The minimum Gasteiger partial charge on any atom is -0.489 e. The van der Waals surface area contributed by atoms with E-state index in [-0.39, 0.29) is 17.0 Å². The van der Waals surface area contributed by atoms with Crippen molar-refractivity contribution in [1.29, 1.82) is 5.26 Å². The van der Waals surface area contributed by atoms with Crippen LogP contribution in [-0.2, 0) is 11.4 Å². The largest absolute Gasteiger partial charge is 0.489 e. The van der Waals surface area contributed by atoms with Crippen molar-refractivity contribution in [3.63, 3.8) is 0 Å². The Balaban J connectivity index is 1.69. The second-order valence-electron chi connectivity index (χ2n) is 11.8. The summed E-state index contributed by atoms with van der Waals surface area (Å²) >= 11 is 13.1. The number of nitriles is 1. The van der Waals surface area contributed by atoms with Gasteiger partial charge >= 0.3 is 0 Å². The summed E-state index contributed by atoms with van der Waals surface area (Å²) in [5.74, 6) is 0.430. The van der Waals surface area contributed by atoms with Crippen molar-refractivity contribution in [2.24, 2.45) is 11.1 Å². The van der Waals surface area contributed by atoms with Gasteiger partial charge in [-0.25, -0.2) is 0 Å². The Kier molecular flexibility index (Phi) is 7.68. The minimum absolute atomic E-state index is 0.00279. The number of allylic oxidation sites excluding steroid dienone is 3. The molecule has 0 aromatic heterocycles. The molecule has 1 aliphatic carbocycles. The highest BCUT2D eigenvalue weighted by Crippen LogP contribution is 2.52. The molecule has 1 heterocycles. The van der Waals surface area contributed by atoms with E-state index >= 15 is 0 Å². The average molecular weight is 587 g/mol. The molecular weight excluding hydrogens is 553 g/mol. The van der Waals surface area contributed by atoms with E-state index in [0.29, 0.717) is 46.3 Å². The molecule has 0 spiro atoms. The van der Waals surface area contributed by atoms with Crippen LogP contribution in [0, 0.1) is 37.5 Å². The van der Waals surface area contributed by atoms with Gasteiger partial charge in [0.25, 0.3) is 0 Å². The van der Waals surface area contributed by atoms with Crippen LogP contribution in [0.4, 0.5) is 5.69 Å². The number of Topliss-reactive ketones (excluding diaryl/α,β-unsaturated/α-hetero) is 1. The number of hydrogen-bond donors (Lipinski definition) is 1. The van der Waals surface area contributed by atoms with Crippen molar-refractivity contribution in [2.75, 3.05) is 4.90 Å². The molecule has 2 N–H and O–H groups in total. The van der Waals surface area contributed by atoms with Crippen molar-refractivity contribution in [3.8, 4) is 11.8 Å². The van der Waals surface area contributed by atoms with Gasteiger partial charge in [0.05, 0.1) is 33.3 Å². The summed E-state index contributed by atoms with van der Waals surface area (Å²) in [6.45, 7) is 10.6. The van der Waals surface area contributed by atoms with Crippen molar-refractivity contribution in [3.05, 3.63) is 115 Å². The van der Waals surface area contributed by atoms with E-state index in [1.807, 2.05) is 51.1 Å².